The summed E-state index contributed by atoms with van der Waals surface area (Å²) >= 11 is 0. The van der Waals surface area contributed by atoms with Crippen LogP contribution < -0.4 is 0 Å². The molecule has 0 aromatic carbocycles. The van der Waals surface area contributed by atoms with Crippen LogP contribution in [0.5, 0.6) is 0 Å². The monoisotopic (exact) mass is 250 g/mol. The fourth-order valence-electron chi connectivity index (χ4n) is 2.64. The molecule has 1 saturated heterocycles. The first-order valence-corrected chi connectivity index (χ1v) is 6.67. The predicted octanol–water partition coefficient (Wildman–Crippen LogP) is 1.84. The van der Waals surface area contributed by atoms with Crippen LogP contribution in [0.15, 0.2) is 23.0 Å². The standard InChI is InChI=1S/C14H18O4/c15-12-7-13(16)18-14-9(6-10-8-17-10)4-2-1-3-5-11(12)14/h4,10,12,15H,1-3,5-8H2/b9-4-. The minimum atomic E-state index is -0.664. The van der Waals surface area contributed by atoms with Gasteiger partial charge in [0.1, 0.15) is 5.76 Å². The van der Waals surface area contributed by atoms with E-state index in [1.807, 2.05) is 0 Å². The van der Waals surface area contributed by atoms with E-state index in [9.17, 15) is 9.90 Å². The molecule has 3 aliphatic rings. The third-order valence-corrected chi connectivity index (χ3v) is 3.70. The Labute approximate surface area is 106 Å². The van der Waals surface area contributed by atoms with Gasteiger partial charge in [0.05, 0.1) is 25.2 Å². The Morgan fingerprint density at radius 3 is 3.00 bits per heavy atom. The molecule has 0 aromatic rings. The Bertz CT molecular complexity index is 418. The molecule has 2 heterocycles. The van der Waals surface area contributed by atoms with E-state index in [4.69, 9.17) is 9.47 Å². The highest BCUT2D eigenvalue weighted by atomic mass is 16.6. The average Bonchev–Trinajstić information content (AvgIpc) is 3.10. The number of carbonyl (C=O) groups excluding carboxylic acids is 1. The Morgan fingerprint density at radius 1 is 1.39 bits per heavy atom. The van der Waals surface area contributed by atoms with Gasteiger partial charge in [-0.2, -0.15) is 0 Å². The number of ether oxygens (including phenoxy) is 2. The second-order valence-electron chi connectivity index (χ2n) is 5.18. The second kappa shape index (κ2) is 4.86. The molecule has 1 fully saturated rings. The summed E-state index contributed by atoms with van der Waals surface area (Å²) in [7, 11) is 0. The minimum absolute atomic E-state index is 0.0893. The molecule has 0 amide bonds. The summed E-state index contributed by atoms with van der Waals surface area (Å²) in [6, 6.07) is 0. The molecule has 3 rings (SSSR count). The van der Waals surface area contributed by atoms with Crippen LogP contribution in [-0.2, 0) is 14.3 Å². The maximum absolute atomic E-state index is 11.5. The molecule has 2 aliphatic heterocycles. The van der Waals surface area contributed by atoms with Gasteiger partial charge in [-0.05, 0) is 31.3 Å². The van der Waals surface area contributed by atoms with Gasteiger partial charge in [-0.1, -0.05) is 6.08 Å². The molecule has 0 bridgehead atoms. The van der Waals surface area contributed by atoms with Crippen molar-refractivity contribution in [3.63, 3.8) is 0 Å². The van der Waals surface area contributed by atoms with Gasteiger partial charge in [0.2, 0.25) is 0 Å². The largest absolute Gasteiger partial charge is 0.426 e. The topological polar surface area (TPSA) is 59.1 Å². The average molecular weight is 250 g/mol. The zero-order valence-electron chi connectivity index (χ0n) is 10.4. The van der Waals surface area contributed by atoms with Crippen LogP contribution in [0.3, 0.4) is 0 Å². The van der Waals surface area contributed by atoms with Gasteiger partial charge in [0.25, 0.3) is 0 Å². The molecule has 98 valence electrons. The molecule has 1 N–H and O–H groups in total. The van der Waals surface area contributed by atoms with E-state index in [0.717, 1.165) is 49.9 Å². The number of hydrogen-bond donors (Lipinski definition) is 1. The molecule has 0 saturated carbocycles. The van der Waals surface area contributed by atoms with E-state index in [2.05, 4.69) is 6.08 Å². The van der Waals surface area contributed by atoms with Crippen LogP contribution in [-0.4, -0.2) is 29.9 Å². The highest BCUT2D eigenvalue weighted by molar-refractivity contribution is 5.74. The van der Waals surface area contributed by atoms with Gasteiger partial charge in [-0.3, -0.25) is 4.79 Å². The van der Waals surface area contributed by atoms with Gasteiger partial charge in [-0.25, -0.2) is 0 Å². The lowest BCUT2D eigenvalue weighted by Gasteiger charge is -2.27. The van der Waals surface area contributed by atoms with Crippen LogP contribution in [0.25, 0.3) is 0 Å². The fourth-order valence-corrected chi connectivity index (χ4v) is 2.64. The smallest absolute Gasteiger partial charge is 0.314 e. The lowest BCUT2D eigenvalue weighted by molar-refractivity contribution is -0.143. The van der Waals surface area contributed by atoms with Gasteiger partial charge in [0.15, 0.2) is 0 Å². The second-order valence-corrected chi connectivity index (χ2v) is 5.18. The van der Waals surface area contributed by atoms with Crippen molar-refractivity contribution in [2.45, 2.75) is 50.7 Å². The number of aliphatic hydroxyl groups excluding tert-OH is 1. The molecule has 1 aliphatic carbocycles. The molecule has 4 nitrogen and oxygen atoms in total. The van der Waals surface area contributed by atoms with Crippen LogP contribution >= 0.6 is 0 Å². The van der Waals surface area contributed by atoms with Crippen molar-refractivity contribution in [3.8, 4) is 0 Å². The van der Waals surface area contributed by atoms with Crippen LogP contribution in [0.1, 0.15) is 38.5 Å². The maximum Gasteiger partial charge on any atom is 0.314 e. The van der Waals surface area contributed by atoms with Crippen LogP contribution in [0, 0.1) is 0 Å². The SMILES string of the molecule is O=C1CC(O)C2=C(O1)/C(CC1CO1)=C\CCCC2. The van der Waals surface area contributed by atoms with Crippen molar-refractivity contribution >= 4 is 5.97 Å². The van der Waals surface area contributed by atoms with E-state index < -0.39 is 6.10 Å². The fraction of sp³-hybridized carbons (Fsp3) is 0.643. The number of hydrogen-bond acceptors (Lipinski definition) is 4. The predicted molar refractivity (Wildman–Crippen MR) is 64.6 cm³/mol. The Morgan fingerprint density at radius 2 is 2.22 bits per heavy atom. The van der Waals surface area contributed by atoms with E-state index in [1.54, 1.807) is 0 Å². The summed E-state index contributed by atoms with van der Waals surface area (Å²) in [5.74, 6) is 0.304. The lowest BCUT2D eigenvalue weighted by Crippen LogP contribution is -2.27. The summed E-state index contributed by atoms with van der Waals surface area (Å²) in [6.45, 7) is 0.788. The molecule has 2 unspecified atom stereocenters. The van der Waals surface area contributed by atoms with Crippen molar-refractivity contribution in [2.24, 2.45) is 0 Å². The molecule has 4 heteroatoms. The van der Waals surface area contributed by atoms with Crippen molar-refractivity contribution in [2.75, 3.05) is 6.61 Å². The van der Waals surface area contributed by atoms with Crippen LogP contribution in [0.2, 0.25) is 0 Å². The summed E-state index contributed by atoms with van der Waals surface area (Å²) in [4.78, 5) is 11.5. The van der Waals surface area contributed by atoms with E-state index >= 15 is 0 Å². The Hall–Kier alpha value is -1.13. The van der Waals surface area contributed by atoms with Gasteiger partial charge in [0, 0.05) is 12.0 Å². The summed E-state index contributed by atoms with van der Waals surface area (Å²) in [6.07, 6.45) is 6.61. The number of carbonyl (C=O) groups is 1. The third kappa shape index (κ3) is 2.49. The molecule has 2 atom stereocenters. The van der Waals surface area contributed by atoms with Crippen LogP contribution in [0.4, 0.5) is 0 Å². The van der Waals surface area contributed by atoms with Crippen molar-refractivity contribution in [1.82, 2.24) is 0 Å². The van der Waals surface area contributed by atoms with Gasteiger partial charge >= 0.3 is 5.97 Å². The Kier molecular flexibility index (Phi) is 3.22. The zero-order valence-corrected chi connectivity index (χ0v) is 10.4. The summed E-state index contributed by atoms with van der Waals surface area (Å²) in [5.41, 5.74) is 1.94. The normalized spacial score (nSPS) is 34.9. The first kappa shape index (κ1) is 11.9. The third-order valence-electron chi connectivity index (χ3n) is 3.70. The van der Waals surface area contributed by atoms with E-state index in [1.165, 1.54) is 0 Å². The van der Waals surface area contributed by atoms with Gasteiger partial charge in [-0.15, -0.1) is 0 Å². The van der Waals surface area contributed by atoms with Gasteiger partial charge < -0.3 is 14.6 Å². The molecule has 0 aromatic heterocycles. The molecule has 18 heavy (non-hydrogen) atoms. The quantitative estimate of drug-likeness (QED) is 0.600. The molecular weight excluding hydrogens is 232 g/mol. The van der Waals surface area contributed by atoms with Crippen molar-refractivity contribution in [1.29, 1.82) is 0 Å². The molecule has 0 spiro atoms. The van der Waals surface area contributed by atoms with E-state index in [0.29, 0.717) is 5.76 Å². The highest BCUT2D eigenvalue weighted by Crippen LogP contribution is 2.35. The van der Waals surface area contributed by atoms with E-state index in [-0.39, 0.29) is 18.5 Å². The molecular formula is C14H18O4. The molecule has 0 radical (unpaired) electrons. The number of allylic oxidation sites excluding steroid dienone is 2. The number of epoxide rings is 1. The number of aliphatic hydroxyl groups is 1. The summed E-state index contributed by atoms with van der Waals surface area (Å²) in [5, 5.41) is 10.0. The minimum Gasteiger partial charge on any atom is -0.426 e. The first-order chi connectivity index (χ1) is 8.74. The first-order valence-electron chi connectivity index (χ1n) is 6.67. The number of esters is 1. The Balaban J connectivity index is 1.92. The number of rotatable bonds is 2. The van der Waals surface area contributed by atoms with Crippen molar-refractivity contribution in [3.05, 3.63) is 23.0 Å². The van der Waals surface area contributed by atoms with Crippen molar-refractivity contribution < 1.29 is 19.4 Å². The summed E-state index contributed by atoms with van der Waals surface area (Å²) < 4.78 is 10.6. The zero-order chi connectivity index (χ0) is 12.5. The highest BCUT2D eigenvalue weighted by Gasteiger charge is 2.33. The maximum atomic E-state index is 11.5. The lowest BCUT2D eigenvalue weighted by atomic mass is 9.90.